The summed E-state index contributed by atoms with van der Waals surface area (Å²) in [6.07, 6.45) is 3.80. The Labute approximate surface area is 209 Å². The van der Waals surface area contributed by atoms with Gasteiger partial charge in [0.15, 0.2) is 0 Å². The van der Waals surface area contributed by atoms with Gasteiger partial charge < -0.3 is 15.0 Å². The van der Waals surface area contributed by atoms with E-state index in [1.54, 1.807) is 17.0 Å². The van der Waals surface area contributed by atoms with Crippen molar-refractivity contribution in [1.29, 1.82) is 0 Å². The van der Waals surface area contributed by atoms with Crippen molar-refractivity contribution in [2.24, 2.45) is 5.92 Å². The van der Waals surface area contributed by atoms with E-state index in [-0.39, 0.29) is 23.8 Å². The van der Waals surface area contributed by atoms with Crippen molar-refractivity contribution in [2.45, 2.75) is 38.1 Å². The van der Waals surface area contributed by atoms with E-state index in [9.17, 15) is 9.59 Å². The standard InChI is InChI=1S/C26H28ClN5O3/c1-2-35-24-13-19(20(27)15-28-24)22-14-23(31-30-22)26(34)32-10-8-17(9-11-32)25(33)29-21-12-18(21)16-6-4-3-5-7-16/h3-7,13-15,17-18,21H,2,8-12H2,1H3,(H,29,33)(H,30,31)/t18-,21+/m0/s1. The molecule has 2 amide bonds. The molecule has 1 aliphatic carbocycles. The number of halogens is 1. The van der Waals surface area contributed by atoms with Crippen molar-refractivity contribution in [1.82, 2.24) is 25.4 Å². The summed E-state index contributed by atoms with van der Waals surface area (Å²) in [6, 6.07) is 13.9. The van der Waals surface area contributed by atoms with Crippen LogP contribution in [-0.4, -0.2) is 57.6 Å². The summed E-state index contributed by atoms with van der Waals surface area (Å²) in [6.45, 7) is 3.42. The highest BCUT2D eigenvalue weighted by Crippen LogP contribution is 2.41. The number of carbonyl (C=O) groups is 2. The maximum Gasteiger partial charge on any atom is 0.271 e. The number of rotatable bonds is 7. The number of nitrogens with one attached hydrogen (secondary N) is 2. The highest BCUT2D eigenvalue weighted by Gasteiger charge is 2.40. The minimum Gasteiger partial charge on any atom is -0.478 e. The lowest BCUT2D eigenvalue weighted by atomic mass is 9.95. The van der Waals surface area contributed by atoms with E-state index in [0.29, 0.717) is 66.3 Å². The monoisotopic (exact) mass is 493 g/mol. The van der Waals surface area contributed by atoms with Gasteiger partial charge in [-0.2, -0.15) is 5.10 Å². The van der Waals surface area contributed by atoms with Gasteiger partial charge in [-0.05, 0) is 37.8 Å². The first kappa shape index (κ1) is 23.4. The van der Waals surface area contributed by atoms with Crippen molar-refractivity contribution in [3.05, 3.63) is 64.9 Å². The zero-order valence-corrected chi connectivity index (χ0v) is 20.3. The van der Waals surface area contributed by atoms with Crippen molar-refractivity contribution in [2.75, 3.05) is 19.7 Å². The number of amides is 2. The first-order valence-electron chi connectivity index (χ1n) is 12.0. The van der Waals surface area contributed by atoms with Gasteiger partial charge in [0, 0.05) is 42.6 Å². The van der Waals surface area contributed by atoms with E-state index in [2.05, 4.69) is 32.6 Å². The molecule has 0 radical (unpaired) electrons. The number of aromatic nitrogens is 3. The van der Waals surface area contributed by atoms with Gasteiger partial charge in [0.1, 0.15) is 5.69 Å². The molecule has 0 spiro atoms. The van der Waals surface area contributed by atoms with Crippen LogP contribution >= 0.6 is 11.6 Å². The van der Waals surface area contributed by atoms with E-state index in [0.717, 1.165) is 6.42 Å². The second kappa shape index (κ2) is 10.1. The predicted octanol–water partition coefficient (Wildman–Crippen LogP) is 4.05. The fourth-order valence-corrected chi connectivity index (χ4v) is 4.85. The number of hydrogen-bond donors (Lipinski definition) is 2. The maximum atomic E-state index is 13.0. The third-order valence-corrected chi connectivity index (χ3v) is 7.01. The highest BCUT2D eigenvalue weighted by atomic mass is 35.5. The predicted molar refractivity (Wildman–Crippen MR) is 132 cm³/mol. The number of pyridine rings is 1. The molecule has 0 bridgehead atoms. The molecule has 2 fully saturated rings. The van der Waals surface area contributed by atoms with Crippen LogP contribution in [0.2, 0.25) is 5.02 Å². The molecule has 2 aliphatic rings. The SMILES string of the molecule is CCOc1cc(-c2cc(C(=O)N3CCC(C(=O)N[C@@H]4C[C@H]4c4ccccc4)CC3)[nH]n2)c(Cl)cn1. The Bertz CT molecular complexity index is 1210. The van der Waals surface area contributed by atoms with Gasteiger partial charge >= 0.3 is 0 Å². The summed E-state index contributed by atoms with van der Waals surface area (Å²) in [5.41, 5.74) is 2.86. The summed E-state index contributed by atoms with van der Waals surface area (Å²) in [5.74, 6) is 0.756. The summed E-state index contributed by atoms with van der Waals surface area (Å²) in [7, 11) is 0. The zero-order chi connectivity index (χ0) is 24.4. The number of carbonyl (C=O) groups excluding carboxylic acids is 2. The number of likely N-dealkylation sites (tertiary alicyclic amines) is 1. The minimum atomic E-state index is -0.135. The van der Waals surface area contributed by atoms with E-state index >= 15 is 0 Å². The van der Waals surface area contributed by atoms with Gasteiger partial charge in [-0.25, -0.2) is 4.98 Å². The van der Waals surface area contributed by atoms with Crippen LogP contribution in [0.4, 0.5) is 0 Å². The first-order chi connectivity index (χ1) is 17.0. The molecule has 5 rings (SSSR count). The Hall–Kier alpha value is -3.39. The smallest absolute Gasteiger partial charge is 0.271 e. The van der Waals surface area contributed by atoms with Gasteiger partial charge in [0.25, 0.3) is 5.91 Å². The third-order valence-electron chi connectivity index (χ3n) is 6.71. The van der Waals surface area contributed by atoms with Crippen molar-refractivity contribution < 1.29 is 14.3 Å². The van der Waals surface area contributed by atoms with Gasteiger partial charge in [0.2, 0.25) is 11.8 Å². The van der Waals surface area contributed by atoms with Crippen LogP contribution in [-0.2, 0) is 4.79 Å². The number of benzene rings is 1. The topological polar surface area (TPSA) is 100 Å². The normalized spacial score (nSPS) is 19.9. The Balaban J connectivity index is 1.15. The van der Waals surface area contributed by atoms with Gasteiger partial charge in [-0.1, -0.05) is 41.9 Å². The molecule has 1 saturated carbocycles. The molecule has 3 heterocycles. The van der Waals surface area contributed by atoms with Crippen LogP contribution < -0.4 is 10.1 Å². The summed E-state index contributed by atoms with van der Waals surface area (Å²) in [4.78, 5) is 31.7. The van der Waals surface area contributed by atoms with E-state index in [4.69, 9.17) is 16.3 Å². The van der Waals surface area contributed by atoms with E-state index < -0.39 is 0 Å². The summed E-state index contributed by atoms with van der Waals surface area (Å²) >= 11 is 6.29. The number of ether oxygens (including phenoxy) is 1. The number of hydrogen-bond acceptors (Lipinski definition) is 5. The molecule has 9 heteroatoms. The molecule has 1 aromatic carbocycles. The van der Waals surface area contributed by atoms with E-state index in [1.165, 1.54) is 11.8 Å². The van der Waals surface area contributed by atoms with Crippen LogP contribution in [0, 0.1) is 5.92 Å². The van der Waals surface area contributed by atoms with E-state index in [1.807, 2.05) is 25.1 Å². The van der Waals surface area contributed by atoms with Crippen LogP contribution in [0.3, 0.4) is 0 Å². The average Bonchev–Trinajstić information content (AvgIpc) is 3.48. The maximum absolute atomic E-state index is 13.0. The van der Waals surface area contributed by atoms with Crippen molar-refractivity contribution in [3.63, 3.8) is 0 Å². The molecule has 35 heavy (non-hydrogen) atoms. The van der Waals surface area contributed by atoms with Gasteiger partial charge in [-0.3, -0.25) is 14.7 Å². The van der Waals surface area contributed by atoms with Gasteiger partial charge in [0.05, 0.1) is 23.5 Å². The molecule has 1 aliphatic heterocycles. The molecule has 8 nitrogen and oxygen atoms in total. The van der Waals surface area contributed by atoms with Crippen LogP contribution in [0.15, 0.2) is 48.7 Å². The Morgan fingerprint density at radius 3 is 2.71 bits per heavy atom. The Kier molecular flexibility index (Phi) is 6.72. The minimum absolute atomic E-state index is 0.0685. The second-order valence-electron chi connectivity index (χ2n) is 9.04. The zero-order valence-electron chi connectivity index (χ0n) is 19.5. The average molecular weight is 494 g/mol. The number of aromatic amines is 1. The number of piperidine rings is 1. The van der Waals surface area contributed by atoms with Crippen molar-refractivity contribution >= 4 is 23.4 Å². The molecule has 2 aromatic heterocycles. The fraction of sp³-hybridized carbons (Fsp3) is 0.385. The Morgan fingerprint density at radius 1 is 1.20 bits per heavy atom. The lowest BCUT2D eigenvalue weighted by Gasteiger charge is -2.31. The highest BCUT2D eigenvalue weighted by molar-refractivity contribution is 6.33. The Morgan fingerprint density at radius 2 is 1.97 bits per heavy atom. The van der Waals surface area contributed by atoms with Gasteiger partial charge in [-0.15, -0.1) is 0 Å². The first-order valence-corrected chi connectivity index (χ1v) is 12.4. The van der Waals surface area contributed by atoms with Crippen LogP contribution in [0.5, 0.6) is 5.88 Å². The van der Waals surface area contributed by atoms with Crippen LogP contribution in [0.1, 0.15) is 48.2 Å². The molecule has 3 aromatic rings. The lowest BCUT2D eigenvalue weighted by Crippen LogP contribution is -2.43. The largest absolute Gasteiger partial charge is 0.478 e. The molecule has 182 valence electrons. The molecular weight excluding hydrogens is 466 g/mol. The summed E-state index contributed by atoms with van der Waals surface area (Å²) in [5, 5.41) is 10.7. The van der Waals surface area contributed by atoms with Crippen LogP contribution in [0.25, 0.3) is 11.3 Å². The molecule has 2 atom stereocenters. The molecule has 2 N–H and O–H groups in total. The number of nitrogens with zero attached hydrogens (tertiary/aromatic N) is 3. The lowest BCUT2D eigenvalue weighted by molar-refractivity contribution is -0.126. The quantitative estimate of drug-likeness (QED) is 0.517. The summed E-state index contributed by atoms with van der Waals surface area (Å²) < 4.78 is 5.44. The molecular formula is C26H28ClN5O3. The van der Waals surface area contributed by atoms with Crippen molar-refractivity contribution in [3.8, 4) is 17.1 Å². The molecule has 1 saturated heterocycles. The fourth-order valence-electron chi connectivity index (χ4n) is 4.65. The third kappa shape index (κ3) is 5.17. The number of H-pyrrole nitrogens is 1. The second-order valence-corrected chi connectivity index (χ2v) is 9.44. The molecule has 0 unspecified atom stereocenters.